The Hall–Kier alpha value is -2.95. The maximum absolute atomic E-state index is 4.67. The van der Waals surface area contributed by atoms with E-state index in [0.717, 1.165) is 22.2 Å². The fourth-order valence-electron chi connectivity index (χ4n) is 2.44. The first-order chi connectivity index (χ1) is 10.3. The first-order valence-corrected chi connectivity index (χ1v) is 6.73. The molecule has 0 radical (unpaired) electrons. The molecular formula is C16H13N5. The Kier molecular flexibility index (Phi) is 2.57. The van der Waals surface area contributed by atoms with Crippen molar-refractivity contribution >= 4 is 28.2 Å². The Bertz CT molecular complexity index is 942. The number of nitrogens with zero attached hydrogens (tertiary/aromatic N) is 4. The van der Waals surface area contributed by atoms with Gasteiger partial charge in [0.25, 0.3) is 0 Å². The van der Waals surface area contributed by atoms with Crippen LogP contribution in [-0.2, 0) is 0 Å². The summed E-state index contributed by atoms with van der Waals surface area (Å²) >= 11 is 0. The van der Waals surface area contributed by atoms with E-state index in [9.17, 15) is 0 Å². The zero-order valence-corrected chi connectivity index (χ0v) is 11.5. The van der Waals surface area contributed by atoms with Crippen molar-refractivity contribution in [3.8, 4) is 0 Å². The third-order valence-corrected chi connectivity index (χ3v) is 3.42. The van der Waals surface area contributed by atoms with Crippen molar-refractivity contribution < 1.29 is 0 Å². The van der Waals surface area contributed by atoms with Gasteiger partial charge < -0.3 is 5.32 Å². The molecule has 5 heteroatoms. The normalized spacial score (nSPS) is 11.1. The molecule has 4 aromatic rings. The summed E-state index contributed by atoms with van der Waals surface area (Å²) in [5.41, 5.74) is 3.89. The van der Waals surface area contributed by atoms with Crippen LogP contribution in [0.15, 0.2) is 54.9 Å². The number of benzene rings is 2. The highest BCUT2D eigenvalue weighted by atomic mass is 15.3. The minimum atomic E-state index is 0.708. The number of para-hydroxylation sites is 1. The topological polar surface area (TPSA) is 55.1 Å². The Labute approximate surface area is 121 Å². The first-order valence-electron chi connectivity index (χ1n) is 6.73. The van der Waals surface area contributed by atoms with E-state index in [2.05, 4.69) is 39.6 Å². The molecular weight excluding hydrogens is 262 g/mol. The van der Waals surface area contributed by atoms with Crippen LogP contribution < -0.4 is 5.32 Å². The van der Waals surface area contributed by atoms with Gasteiger partial charge in [-0.2, -0.15) is 0 Å². The van der Waals surface area contributed by atoms with Crippen molar-refractivity contribution in [2.75, 3.05) is 5.32 Å². The van der Waals surface area contributed by atoms with Crippen molar-refractivity contribution in [3.63, 3.8) is 0 Å². The zero-order valence-electron chi connectivity index (χ0n) is 11.5. The van der Waals surface area contributed by atoms with E-state index in [-0.39, 0.29) is 0 Å². The smallest absolute Gasteiger partial charge is 0.215 e. The van der Waals surface area contributed by atoms with Gasteiger partial charge in [0, 0.05) is 11.1 Å². The second-order valence-corrected chi connectivity index (χ2v) is 4.97. The Morgan fingerprint density at radius 2 is 1.95 bits per heavy atom. The van der Waals surface area contributed by atoms with E-state index in [1.165, 1.54) is 5.56 Å². The van der Waals surface area contributed by atoms with Crippen LogP contribution in [0.3, 0.4) is 0 Å². The summed E-state index contributed by atoms with van der Waals surface area (Å²) in [5, 5.41) is 12.5. The lowest BCUT2D eigenvalue weighted by Gasteiger charge is -2.09. The predicted octanol–water partition coefficient (Wildman–Crippen LogP) is 3.33. The molecule has 0 unspecified atom stereocenters. The molecule has 0 fully saturated rings. The summed E-state index contributed by atoms with van der Waals surface area (Å²) in [4.78, 5) is 4.67. The SMILES string of the molecule is Cc1cccc(Nc2nc3ccccc3c3nncn23)c1. The van der Waals surface area contributed by atoms with Gasteiger partial charge in [-0.1, -0.05) is 24.3 Å². The Morgan fingerprint density at radius 3 is 2.86 bits per heavy atom. The minimum absolute atomic E-state index is 0.708. The summed E-state index contributed by atoms with van der Waals surface area (Å²) in [6, 6.07) is 16.1. The molecule has 0 aliphatic rings. The molecule has 2 aromatic heterocycles. The molecule has 1 N–H and O–H groups in total. The molecule has 0 aliphatic heterocycles. The monoisotopic (exact) mass is 275 g/mol. The van der Waals surface area contributed by atoms with Gasteiger partial charge in [0.05, 0.1) is 5.52 Å². The third-order valence-electron chi connectivity index (χ3n) is 3.42. The second kappa shape index (κ2) is 4.56. The number of hydrogen-bond acceptors (Lipinski definition) is 4. The molecule has 4 rings (SSSR count). The highest BCUT2D eigenvalue weighted by Crippen LogP contribution is 2.22. The van der Waals surface area contributed by atoms with Crippen LogP contribution in [0.1, 0.15) is 5.56 Å². The molecule has 2 heterocycles. The average molecular weight is 275 g/mol. The largest absolute Gasteiger partial charge is 0.325 e. The van der Waals surface area contributed by atoms with Gasteiger partial charge in [-0.15, -0.1) is 10.2 Å². The fraction of sp³-hybridized carbons (Fsp3) is 0.0625. The van der Waals surface area contributed by atoms with Gasteiger partial charge in [-0.05, 0) is 36.8 Å². The number of fused-ring (bicyclic) bond motifs is 3. The summed E-state index contributed by atoms with van der Waals surface area (Å²) in [5.74, 6) is 0.708. The fourth-order valence-corrected chi connectivity index (χ4v) is 2.44. The number of anilines is 2. The van der Waals surface area contributed by atoms with Gasteiger partial charge in [0.15, 0.2) is 5.65 Å². The third kappa shape index (κ3) is 1.99. The maximum atomic E-state index is 4.67. The molecule has 21 heavy (non-hydrogen) atoms. The van der Waals surface area contributed by atoms with E-state index in [0.29, 0.717) is 5.95 Å². The Balaban J connectivity index is 1.92. The van der Waals surface area contributed by atoms with Crippen LogP contribution in [0, 0.1) is 6.92 Å². The van der Waals surface area contributed by atoms with Crippen LogP contribution >= 0.6 is 0 Å². The summed E-state index contributed by atoms with van der Waals surface area (Å²) in [6.07, 6.45) is 1.67. The molecule has 0 amide bonds. The van der Waals surface area contributed by atoms with E-state index in [1.54, 1.807) is 6.33 Å². The minimum Gasteiger partial charge on any atom is -0.325 e. The molecule has 0 aliphatic carbocycles. The quantitative estimate of drug-likeness (QED) is 0.609. The van der Waals surface area contributed by atoms with Gasteiger partial charge in [0.2, 0.25) is 5.95 Å². The second-order valence-electron chi connectivity index (χ2n) is 4.97. The standard InChI is InChI=1S/C16H13N5/c1-11-5-4-6-12(9-11)18-16-19-14-8-3-2-7-13(14)15-20-17-10-21(15)16/h2-10H,1H3,(H,18,19). The molecule has 5 nitrogen and oxygen atoms in total. The van der Waals surface area contributed by atoms with E-state index in [1.807, 2.05) is 40.8 Å². The Morgan fingerprint density at radius 1 is 1.05 bits per heavy atom. The lowest BCUT2D eigenvalue weighted by Crippen LogP contribution is -2.02. The van der Waals surface area contributed by atoms with Gasteiger partial charge >= 0.3 is 0 Å². The number of hydrogen-bond donors (Lipinski definition) is 1. The number of rotatable bonds is 2. The molecule has 0 saturated carbocycles. The predicted molar refractivity (Wildman–Crippen MR) is 82.7 cm³/mol. The molecule has 0 spiro atoms. The van der Waals surface area contributed by atoms with Crippen LogP contribution in [0.25, 0.3) is 16.6 Å². The van der Waals surface area contributed by atoms with E-state index < -0.39 is 0 Å². The van der Waals surface area contributed by atoms with Crippen LogP contribution in [0.2, 0.25) is 0 Å². The van der Waals surface area contributed by atoms with E-state index in [4.69, 9.17) is 0 Å². The van der Waals surface area contributed by atoms with Crippen molar-refractivity contribution in [2.45, 2.75) is 6.92 Å². The van der Waals surface area contributed by atoms with Crippen LogP contribution in [0.4, 0.5) is 11.6 Å². The molecule has 2 aromatic carbocycles. The van der Waals surface area contributed by atoms with Gasteiger partial charge in [0.1, 0.15) is 6.33 Å². The maximum Gasteiger partial charge on any atom is 0.215 e. The van der Waals surface area contributed by atoms with Gasteiger partial charge in [-0.25, -0.2) is 4.98 Å². The molecule has 102 valence electrons. The van der Waals surface area contributed by atoms with Crippen molar-refractivity contribution in [2.24, 2.45) is 0 Å². The summed E-state index contributed by atoms with van der Waals surface area (Å²) in [7, 11) is 0. The highest BCUT2D eigenvalue weighted by molar-refractivity contribution is 5.92. The lowest BCUT2D eigenvalue weighted by atomic mass is 10.2. The van der Waals surface area contributed by atoms with Crippen LogP contribution in [0.5, 0.6) is 0 Å². The summed E-state index contributed by atoms with van der Waals surface area (Å²) in [6.45, 7) is 2.06. The van der Waals surface area contributed by atoms with Crippen LogP contribution in [-0.4, -0.2) is 19.6 Å². The first kappa shape index (κ1) is 11.8. The average Bonchev–Trinajstić information content (AvgIpc) is 2.97. The zero-order chi connectivity index (χ0) is 14.2. The van der Waals surface area contributed by atoms with Crippen molar-refractivity contribution in [3.05, 3.63) is 60.4 Å². The highest BCUT2D eigenvalue weighted by Gasteiger charge is 2.09. The van der Waals surface area contributed by atoms with Crippen molar-refractivity contribution in [1.29, 1.82) is 0 Å². The van der Waals surface area contributed by atoms with E-state index >= 15 is 0 Å². The molecule has 0 saturated heterocycles. The van der Waals surface area contributed by atoms with Gasteiger partial charge in [-0.3, -0.25) is 4.40 Å². The summed E-state index contributed by atoms with van der Waals surface area (Å²) < 4.78 is 1.87. The molecule has 0 bridgehead atoms. The number of nitrogens with one attached hydrogen (secondary N) is 1. The van der Waals surface area contributed by atoms with Crippen molar-refractivity contribution in [1.82, 2.24) is 19.6 Å². The lowest BCUT2D eigenvalue weighted by molar-refractivity contribution is 1.09. The number of aryl methyl sites for hydroxylation is 1. The number of aromatic nitrogens is 4. The molecule has 0 atom stereocenters.